The number of likely N-dealkylation sites (tertiary alicyclic amines) is 1. The second-order valence-electron chi connectivity index (χ2n) is 9.24. The standard InChI is InChI=1S/C22H26ClN3O3/c1-21(2,3)26-13-15(18(24-26)14-6-4-5-7-17(14)23)19(27)25-10-8-22(9-11-25)12-16(22)20(28)29/h4-7,13,16H,8-12H2,1-3H3,(H,28,29). The summed E-state index contributed by atoms with van der Waals surface area (Å²) in [5.74, 6) is -1.03. The number of carbonyl (C=O) groups is 2. The predicted octanol–water partition coefficient (Wildman–Crippen LogP) is 4.29. The van der Waals surface area contributed by atoms with Crippen molar-refractivity contribution >= 4 is 23.5 Å². The Kier molecular flexibility index (Phi) is 4.73. The van der Waals surface area contributed by atoms with E-state index in [0.29, 0.717) is 29.4 Å². The number of hydrogen-bond acceptors (Lipinski definition) is 3. The fraction of sp³-hybridized carbons (Fsp3) is 0.500. The molecule has 1 unspecified atom stereocenters. The van der Waals surface area contributed by atoms with Crippen LogP contribution in [0.4, 0.5) is 0 Å². The number of aromatic nitrogens is 2. The third-order valence-electron chi connectivity index (χ3n) is 6.30. The molecule has 1 aromatic carbocycles. The minimum absolute atomic E-state index is 0.0715. The molecule has 1 aliphatic carbocycles. The van der Waals surface area contributed by atoms with Gasteiger partial charge in [-0.2, -0.15) is 5.10 Å². The Hall–Kier alpha value is -2.34. The fourth-order valence-electron chi connectivity index (χ4n) is 4.30. The number of carbonyl (C=O) groups excluding carboxylic acids is 1. The number of carboxylic acids is 1. The summed E-state index contributed by atoms with van der Waals surface area (Å²) in [6.45, 7) is 7.26. The number of nitrogens with zero attached hydrogens (tertiary/aromatic N) is 3. The lowest BCUT2D eigenvalue weighted by atomic mass is 9.90. The van der Waals surface area contributed by atoms with Crippen LogP contribution < -0.4 is 0 Å². The van der Waals surface area contributed by atoms with Crippen molar-refractivity contribution in [1.29, 1.82) is 0 Å². The molecule has 7 heteroatoms. The maximum Gasteiger partial charge on any atom is 0.307 e. The first-order valence-electron chi connectivity index (χ1n) is 9.99. The molecule has 29 heavy (non-hydrogen) atoms. The van der Waals surface area contributed by atoms with Crippen LogP contribution in [-0.4, -0.2) is 44.8 Å². The van der Waals surface area contributed by atoms with Crippen LogP contribution in [0.25, 0.3) is 11.3 Å². The molecule has 6 nitrogen and oxygen atoms in total. The number of amides is 1. The Balaban J connectivity index is 1.63. The molecule has 4 rings (SSSR count). The SMILES string of the molecule is CC(C)(C)n1cc(C(=O)N2CCC3(CC2)CC3C(=O)O)c(-c2ccccc2Cl)n1. The Labute approximate surface area is 175 Å². The van der Waals surface area contributed by atoms with E-state index in [9.17, 15) is 14.7 Å². The lowest BCUT2D eigenvalue weighted by molar-refractivity contribution is -0.139. The van der Waals surface area contributed by atoms with Gasteiger partial charge in [0, 0.05) is 24.8 Å². The van der Waals surface area contributed by atoms with Crippen LogP contribution in [0.15, 0.2) is 30.5 Å². The summed E-state index contributed by atoms with van der Waals surface area (Å²) < 4.78 is 1.81. The smallest absolute Gasteiger partial charge is 0.307 e. The van der Waals surface area contributed by atoms with Crippen LogP contribution in [0.1, 0.15) is 50.4 Å². The zero-order valence-corrected chi connectivity index (χ0v) is 17.7. The molecule has 1 saturated heterocycles. The van der Waals surface area contributed by atoms with Gasteiger partial charge in [-0.1, -0.05) is 29.8 Å². The van der Waals surface area contributed by atoms with E-state index in [1.807, 2.05) is 54.7 Å². The zero-order chi connectivity index (χ0) is 21.0. The largest absolute Gasteiger partial charge is 0.481 e. The van der Waals surface area contributed by atoms with Crippen LogP contribution in [0.3, 0.4) is 0 Å². The van der Waals surface area contributed by atoms with E-state index >= 15 is 0 Å². The van der Waals surface area contributed by atoms with Crippen molar-refractivity contribution in [3.8, 4) is 11.3 Å². The van der Waals surface area contributed by atoms with Gasteiger partial charge in [0.05, 0.1) is 22.0 Å². The van der Waals surface area contributed by atoms with Crippen molar-refractivity contribution in [2.24, 2.45) is 11.3 Å². The maximum atomic E-state index is 13.4. The van der Waals surface area contributed by atoms with Gasteiger partial charge in [0.2, 0.25) is 0 Å². The second-order valence-corrected chi connectivity index (χ2v) is 9.64. The highest BCUT2D eigenvalue weighted by Crippen LogP contribution is 2.59. The van der Waals surface area contributed by atoms with E-state index in [0.717, 1.165) is 24.8 Å². The lowest BCUT2D eigenvalue weighted by Crippen LogP contribution is -2.40. The maximum absolute atomic E-state index is 13.4. The van der Waals surface area contributed by atoms with Crippen LogP contribution in [0.2, 0.25) is 5.02 Å². The van der Waals surface area contributed by atoms with Crippen LogP contribution in [0.5, 0.6) is 0 Å². The summed E-state index contributed by atoms with van der Waals surface area (Å²) in [5.41, 5.74) is 1.48. The van der Waals surface area contributed by atoms with Crippen LogP contribution in [-0.2, 0) is 10.3 Å². The van der Waals surface area contributed by atoms with Gasteiger partial charge in [-0.15, -0.1) is 0 Å². The van der Waals surface area contributed by atoms with Gasteiger partial charge < -0.3 is 10.0 Å². The molecular formula is C22H26ClN3O3. The number of hydrogen-bond donors (Lipinski definition) is 1. The number of aliphatic carboxylic acids is 1. The van der Waals surface area contributed by atoms with Gasteiger partial charge in [-0.3, -0.25) is 14.3 Å². The predicted molar refractivity (Wildman–Crippen MR) is 111 cm³/mol. The molecule has 2 heterocycles. The van der Waals surface area contributed by atoms with Crippen molar-refractivity contribution in [2.45, 2.75) is 45.6 Å². The van der Waals surface area contributed by atoms with Crippen molar-refractivity contribution < 1.29 is 14.7 Å². The van der Waals surface area contributed by atoms with Gasteiger partial charge in [0.25, 0.3) is 5.91 Å². The first kappa shape index (κ1) is 20.0. The number of halogens is 1. The third-order valence-corrected chi connectivity index (χ3v) is 6.62. The van der Waals surface area contributed by atoms with Crippen molar-refractivity contribution in [3.05, 3.63) is 41.0 Å². The van der Waals surface area contributed by atoms with Crippen molar-refractivity contribution in [3.63, 3.8) is 0 Å². The highest BCUT2D eigenvalue weighted by atomic mass is 35.5. The topological polar surface area (TPSA) is 75.4 Å². The number of piperidine rings is 1. The van der Waals surface area contributed by atoms with E-state index < -0.39 is 5.97 Å². The van der Waals surface area contributed by atoms with E-state index in [-0.39, 0.29) is 22.8 Å². The summed E-state index contributed by atoms with van der Waals surface area (Å²) in [5, 5.41) is 14.6. The molecule has 1 spiro atoms. The molecule has 154 valence electrons. The second kappa shape index (κ2) is 6.87. The number of rotatable bonds is 3. The number of carboxylic acid groups (broad SMARTS) is 1. The molecular weight excluding hydrogens is 390 g/mol. The fourth-order valence-corrected chi connectivity index (χ4v) is 4.53. The van der Waals surface area contributed by atoms with E-state index in [1.165, 1.54) is 0 Å². The normalized spacial score (nSPS) is 20.7. The summed E-state index contributed by atoms with van der Waals surface area (Å²) >= 11 is 6.41. The quantitative estimate of drug-likeness (QED) is 0.811. The molecule has 2 aliphatic rings. The van der Waals surface area contributed by atoms with E-state index in [1.54, 1.807) is 6.07 Å². The molecule has 1 aliphatic heterocycles. The molecule has 1 saturated carbocycles. The highest BCUT2D eigenvalue weighted by Gasteiger charge is 2.59. The first-order valence-corrected chi connectivity index (χ1v) is 10.4. The van der Waals surface area contributed by atoms with E-state index in [2.05, 4.69) is 0 Å². The summed E-state index contributed by atoms with van der Waals surface area (Å²) in [7, 11) is 0. The Bertz CT molecular complexity index is 968. The minimum Gasteiger partial charge on any atom is -0.481 e. The van der Waals surface area contributed by atoms with Crippen LogP contribution in [0, 0.1) is 11.3 Å². The Morgan fingerprint density at radius 2 is 1.86 bits per heavy atom. The average molecular weight is 416 g/mol. The van der Waals surface area contributed by atoms with Crippen molar-refractivity contribution in [1.82, 2.24) is 14.7 Å². The first-order chi connectivity index (χ1) is 13.6. The molecule has 2 aromatic rings. The molecule has 1 amide bonds. The van der Waals surface area contributed by atoms with E-state index in [4.69, 9.17) is 16.7 Å². The number of benzene rings is 1. The van der Waals surface area contributed by atoms with Gasteiger partial charge >= 0.3 is 5.97 Å². The lowest BCUT2D eigenvalue weighted by Gasteiger charge is -2.32. The highest BCUT2D eigenvalue weighted by molar-refractivity contribution is 6.33. The summed E-state index contributed by atoms with van der Waals surface area (Å²) in [4.78, 5) is 26.5. The average Bonchev–Trinajstić information content (AvgIpc) is 3.17. The van der Waals surface area contributed by atoms with Gasteiger partial charge in [-0.05, 0) is 51.5 Å². The molecule has 0 bridgehead atoms. The Morgan fingerprint density at radius 3 is 2.41 bits per heavy atom. The van der Waals surface area contributed by atoms with Gasteiger partial charge in [-0.25, -0.2) is 0 Å². The molecule has 1 N–H and O–H groups in total. The summed E-state index contributed by atoms with van der Waals surface area (Å²) in [6, 6.07) is 7.41. The monoisotopic (exact) mass is 415 g/mol. The van der Waals surface area contributed by atoms with Crippen LogP contribution >= 0.6 is 11.6 Å². The third kappa shape index (κ3) is 3.54. The summed E-state index contributed by atoms with van der Waals surface area (Å²) in [6.07, 6.45) is 4.02. The zero-order valence-electron chi connectivity index (χ0n) is 17.0. The molecule has 1 aromatic heterocycles. The van der Waals surface area contributed by atoms with Crippen molar-refractivity contribution in [2.75, 3.05) is 13.1 Å². The Morgan fingerprint density at radius 1 is 1.21 bits per heavy atom. The molecule has 1 atom stereocenters. The van der Waals surface area contributed by atoms with Gasteiger partial charge in [0.1, 0.15) is 5.69 Å². The molecule has 0 radical (unpaired) electrons. The van der Waals surface area contributed by atoms with Gasteiger partial charge in [0.15, 0.2) is 0 Å². The minimum atomic E-state index is -0.711. The molecule has 2 fully saturated rings.